The van der Waals surface area contributed by atoms with E-state index in [4.69, 9.17) is 11.6 Å². The van der Waals surface area contributed by atoms with Crippen LogP contribution in [-0.4, -0.2) is 11.5 Å². The van der Waals surface area contributed by atoms with Gasteiger partial charge in [0.05, 0.1) is 0 Å². The quantitative estimate of drug-likeness (QED) is 0.860. The topological polar surface area (TPSA) is 24.9 Å². The molecule has 3 atom stereocenters. The molecule has 0 aliphatic heterocycles. The van der Waals surface area contributed by atoms with Crippen LogP contribution < -0.4 is 5.32 Å². The molecule has 3 unspecified atom stereocenters. The first-order valence-corrected chi connectivity index (χ1v) is 7.14. The highest BCUT2D eigenvalue weighted by atomic mass is 35.5. The van der Waals surface area contributed by atoms with Crippen LogP contribution in [-0.2, 0) is 6.42 Å². The van der Waals surface area contributed by atoms with E-state index < -0.39 is 0 Å². The molecule has 3 heteroatoms. The van der Waals surface area contributed by atoms with Crippen LogP contribution >= 0.6 is 11.6 Å². The summed E-state index contributed by atoms with van der Waals surface area (Å²) >= 11 is 5.89. The van der Waals surface area contributed by atoms with Crippen molar-refractivity contribution in [3.63, 3.8) is 0 Å². The molecule has 2 nitrogen and oxygen atoms in total. The molecule has 4 rings (SSSR count). The first-order valence-electron chi connectivity index (χ1n) is 6.76. The van der Waals surface area contributed by atoms with E-state index in [1.54, 1.807) is 17.3 Å². The lowest BCUT2D eigenvalue weighted by Gasteiger charge is -2.09. The van der Waals surface area contributed by atoms with Gasteiger partial charge in [-0.2, -0.15) is 0 Å². The van der Waals surface area contributed by atoms with Crippen molar-refractivity contribution in [2.75, 3.05) is 11.9 Å². The van der Waals surface area contributed by atoms with E-state index in [0.717, 1.165) is 30.0 Å². The van der Waals surface area contributed by atoms with Crippen molar-refractivity contribution in [2.24, 2.45) is 11.8 Å². The van der Waals surface area contributed by atoms with Crippen molar-refractivity contribution in [3.8, 4) is 0 Å². The first kappa shape index (κ1) is 11.3. The third-order valence-corrected chi connectivity index (χ3v) is 4.68. The number of pyridine rings is 1. The van der Waals surface area contributed by atoms with Gasteiger partial charge < -0.3 is 5.32 Å². The average molecular weight is 271 g/mol. The molecule has 1 N–H and O–H groups in total. The molecular weight excluding hydrogens is 256 g/mol. The maximum Gasteiger partial charge on any atom is 0.131 e. The number of hydrogen-bond donors (Lipinski definition) is 1. The number of nitrogens with zero attached hydrogens (tertiary/aromatic N) is 1. The third kappa shape index (κ3) is 1.91. The van der Waals surface area contributed by atoms with Crippen molar-refractivity contribution < 1.29 is 0 Å². The van der Waals surface area contributed by atoms with Crippen molar-refractivity contribution in [1.29, 1.82) is 0 Å². The Hall–Kier alpha value is -1.54. The number of rotatable bonds is 3. The van der Waals surface area contributed by atoms with Gasteiger partial charge in [0, 0.05) is 18.4 Å². The van der Waals surface area contributed by atoms with Crippen LogP contribution in [0.25, 0.3) is 0 Å². The highest BCUT2D eigenvalue weighted by molar-refractivity contribution is 6.29. The molecule has 0 bridgehead atoms. The predicted molar refractivity (Wildman–Crippen MR) is 77.6 cm³/mol. The highest BCUT2D eigenvalue weighted by Gasteiger charge is 2.54. The molecule has 0 spiro atoms. The van der Waals surface area contributed by atoms with Gasteiger partial charge in [0.25, 0.3) is 0 Å². The standard InChI is InChI=1S/C16H15ClN2/c17-15-8-11(5-6-18-15)19-9-14-13-7-10-3-1-2-4-12(10)16(13)14/h1-6,8,13-14,16H,7,9H2,(H,18,19). The summed E-state index contributed by atoms with van der Waals surface area (Å²) in [7, 11) is 0. The summed E-state index contributed by atoms with van der Waals surface area (Å²) in [6, 6.07) is 12.7. The largest absolute Gasteiger partial charge is 0.385 e. The lowest BCUT2D eigenvalue weighted by molar-refractivity contribution is 0.720. The summed E-state index contributed by atoms with van der Waals surface area (Å²) in [5.74, 6) is 2.41. The molecule has 2 aromatic rings. The smallest absolute Gasteiger partial charge is 0.131 e. The van der Waals surface area contributed by atoms with E-state index in [9.17, 15) is 0 Å². The second-order valence-electron chi connectivity index (χ2n) is 5.50. The predicted octanol–water partition coefficient (Wildman–Crippen LogP) is 3.73. The summed E-state index contributed by atoms with van der Waals surface area (Å²) in [5, 5.41) is 4.03. The molecule has 1 fully saturated rings. The minimum atomic E-state index is 0.548. The van der Waals surface area contributed by atoms with E-state index in [2.05, 4.69) is 34.6 Å². The van der Waals surface area contributed by atoms with Crippen LogP contribution in [0.1, 0.15) is 17.0 Å². The van der Waals surface area contributed by atoms with Crippen LogP contribution in [0.3, 0.4) is 0 Å². The number of nitrogens with one attached hydrogen (secondary N) is 1. The maximum absolute atomic E-state index is 5.89. The van der Waals surface area contributed by atoms with Crippen LogP contribution in [0.4, 0.5) is 5.69 Å². The van der Waals surface area contributed by atoms with Gasteiger partial charge in [-0.1, -0.05) is 35.9 Å². The minimum absolute atomic E-state index is 0.548. The van der Waals surface area contributed by atoms with Gasteiger partial charge in [0.1, 0.15) is 5.15 Å². The average Bonchev–Trinajstić information content (AvgIpc) is 2.96. The highest BCUT2D eigenvalue weighted by Crippen LogP contribution is 2.61. The third-order valence-electron chi connectivity index (χ3n) is 4.47. The second kappa shape index (κ2) is 4.24. The molecule has 1 saturated carbocycles. The minimum Gasteiger partial charge on any atom is -0.385 e. The van der Waals surface area contributed by atoms with Crippen LogP contribution in [0.5, 0.6) is 0 Å². The molecule has 96 valence electrons. The monoisotopic (exact) mass is 270 g/mol. The normalized spacial score (nSPS) is 26.7. The zero-order valence-corrected chi connectivity index (χ0v) is 11.3. The summed E-state index contributed by atoms with van der Waals surface area (Å²) in [6.07, 6.45) is 3.00. The Kier molecular flexibility index (Phi) is 2.52. The zero-order chi connectivity index (χ0) is 12.8. The first-order chi connectivity index (χ1) is 9.33. The molecule has 0 radical (unpaired) electrons. The van der Waals surface area contributed by atoms with E-state index >= 15 is 0 Å². The number of fused-ring (bicyclic) bond motifs is 3. The Balaban J connectivity index is 1.43. The summed E-state index contributed by atoms with van der Waals surface area (Å²) < 4.78 is 0. The lowest BCUT2D eigenvalue weighted by Crippen LogP contribution is -2.08. The van der Waals surface area contributed by atoms with Crippen LogP contribution in [0, 0.1) is 11.8 Å². The summed E-state index contributed by atoms with van der Waals surface area (Å²) in [6.45, 7) is 1.03. The lowest BCUT2D eigenvalue weighted by atomic mass is 10.0. The Morgan fingerprint density at radius 1 is 1.26 bits per heavy atom. The molecule has 1 aromatic carbocycles. The summed E-state index contributed by atoms with van der Waals surface area (Å²) in [5.41, 5.74) is 4.20. The second-order valence-corrected chi connectivity index (χ2v) is 5.89. The molecule has 0 amide bonds. The Morgan fingerprint density at radius 2 is 2.16 bits per heavy atom. The number of halogens is 1. The van der Waals surface area contributed by atoms with E-state index in [1.165, 1.54) is 6.42 Å². The zero-order valence-electron chi connectivity index (χ0n) is 10.5. The fourth-order valence-corrected chi connectivity index (χ4v) is 3.68. The maximum atomic E-state index is 5.89. The number of hydrogen-bond acceptors (Lipinski definition) is 2. The fourth-order valence-electron chi connectivity index (χ4n) is 3.51. The Morgan fingerprint density at radius 3 is 3.05 bits per heavy atom. The molecule has 2 aliphatic rings. The van der Waals surface area contributed by atoms with E-state index in [1.807, 2.05) is 12.1 Å². The number of anilines is 1. The molecular formula is C16H15ClN2. The SMILES string of the molecule is Clc1cc(NCC2C3Cc4ccccc4C23)ccn1. The van der Waals surface area contributed by atoms with Crippen LogP contribution in [0.15, 0.2) is 42.6 Å². The summed E-state index contributed by atoms with van der Waals surface area (Å²) in [4.78, 5) is 3.99. The van der Waals surface area contributed by atoms with Crippen molar-refractivity contribution in [1.82, 2.24) is 4.98 Å². The van der Waals surface area contributed by atoms with Gasteiger partial charge in [-0.05, 0) is 47.4 Å². The Bertz CT molecular complexity index is 626. The van der Waals surface area contributed by atoms with Gasteiger partial charge in [-0.25, -0.2) is 4.98 Å². The van der Waals surface area contributed by atoms with Gasteiger partial charge in [-0.3, -0.25) is 0 Å². The molecule has 1 heterocycles. The van der Waals surface area contributed by atoms with E-state index in [-0.39, 0.29) is 0 Å². The van der Waals surface area contributed by atoms with Gasteiger partial charge in [-0.15, -0.1) is 0 Å². The van der Waals surface area contributed by atoms with Crippen molar-refractivity contribution >= 4 is 17.3 Å². The van der Waals surface area contributed by atoms with Crippen LogP contribution in [0.2, 0.25) is 5.15 Å². The Labute approximate surface area is 117 Å². The molecule has 19 heavy (non-hydrogen) atoms. The fraction of sp³-hybridized carbons (Fsp3) is 0.312. The van der Waals surface area contributed by atoms with Crippen molar-refractivity contribution in [2.45, 2.75) is 12.3 Å². The van der Waals surface area contributed by atoms with Gasteiger partial charge >= 0.3 is 0 Å². The molecule has 2 aliphatic carbocycles. The number of aromatic nitrogens is 1. The van der Waals surface area contributed by atoms with Gasteiger partial charge in [0.2, 0.25) is 0 Å². The molecule has 0 saturated heterocycles. The molecule has 1 aromatic heterocycles. The van der Waals surface area contributed by atoms with Crippen molar-refractivity contribution in [3.05, 3.63) is 58.9 Å². The van der Waals surface area contributed by atoms with E-state index in [0.29, 0.717) is 5.15 Å². The number of benzene rings is 1. The van der Waals surface area contributed by atoms with Gasteiger partial charge in [0.15, 0.2) is 0 Å².